The summed E-state index contributed by atoms with van der Waals surface area (Å²) in [5, 5.41) is 0. The fourth-order valence-electron chi connectivity index (χ4n) is 3.96. The van der Waals surface area contributed by atoms with E-state index in [1.54, 1.807) is 0 Å². The fourth-order valence-corrected chi connectivity index (χ4v) is 4.45. The van der Waals surface area contributed by atoms with Gasteiger partial charge in [-0.25, -0.2) is 22.8 Å². The molecular weight excluding hydrogens is 553 g/mol. The van der Waals surface area contributed by atoms with Crippen molar-refractivity contribution in [3.05, 3.63) is 47.4 Å². The van der Waals surface area contributed by atoms with Crippen molar-refractivity contribution >= 4 is 33.2 Å². The minimum Gasteiger partial charge on any atom is -0.493 e. The van der Waals surface area contributed by atoms with Gasteiger partial charge in [-0.05, 0) is 20.0 Å². The van der Waals surface area contributed by atoms with Crippen LogP contribution in [0.1, 0.15) is 35.8 Å². The Morgan fingerprint density at radius 3 is 2.44 bits per heavy atom. The first-order chi connectivity index (χ1) is 18.1. The number of halogens is 5. The van der Waals surface area contributed by atoms with Crippen LogP contribution in [0, 0.1) is 17.6 Å². The number of pyridine rings is 1. The van der Waals surface area contributed by atoms with Gasteiger partial charge in [-0.3, -0.25) is 9.52 Å². The van der Waals surface area contributed by atoms with Crippen LogP contribution in [0.4, 0.5) is 27.8 Å². The standard InChI is InChI=1S/C14H15F5O2.C8H8N4O3S.CH5N/c1-7-9(6-21-13(7,2)14(17,18)19)8-4-5-10(15)11(16)12(8)20-3;1-16(14,15)12-7-2-5-8(10-4-9-5)6(3-13)11-7;1-2/h4-5,7,9H,6H2,1-3H3;2-4H,1H3,(H,9,10)(H,11,12);2H2,1H3/t7?,9?,13-;;/m1../s1. The lowest BCUT2D eigenvalue weighted by atomic mass is 9.79. The Morgan fingerprint density at radius 1 is 1.28 bits per heavy atom. The van der Waals surface area contributed by atoms with E-state index in [4.69, 9.17) is 9.47 Å². The summed E-state index contributed by atoms with van der Waals surface area (Å²) in [4.78, 5) is 21.3. The van der Waals surface area contributed by atoms with E-state index in [0.29, 0.717) is 17.3 Å². The molecule has 0 spiro atoms. The highest BCUT2D eigenvalue weighted by Crippen LogP contribution is 2.51. The number of anilines is 1. The van der Waals surface area contributed by atoms with E-state index in [9.17, 15) is 35.2 Å². The van der Waals surface area contributed by atoms with Crippen LogP contribution in [-0.4, -0.2) is 68.5 Å². The Kier molecular flexibility index (Phi) is 9.97. The van der Waals surface area contributed by atoms with Gasteiger partial charge >= 0.3 is 6.18 Å². The number of hydrogen-bond acceptors (Lipinski definition) is 8. The molecule has 2 aromatic heterocycles. The Labute approximate surface area is 221 Å². The van der Waals surface area contributed by atoms with Gasteiger partial charge < -0.3 is 20.2 Å². The summed E-state index contributed by atoms with van der Waals surface area (Å²) in [5.74, 6) is -4.30. The maximum absolute atomic E-state index is 13.7. The molecule has 0 aliphatic carbocycles. The fraction of sp³-hybridized carbons (Fsp3) is 0.435. The number of ether oxygens (including phenoxy) is 2. The van der Waals surface area contributed by atoms with E-state index in [1.165, 1.54) is 32.4 Å². The largest absolute Gasteiger partial charge is 0.493 e. The van der Waals surface area contributed by atoms with E-state index in [0.717, 1.165) is 26.4 Å². The highest BCUT2D eigenvalue weighted by molar-refractivity contribution is 7.92. The number of carbonyl (C=O) groups excluding carboxylic acids is 1. The van der Waals surface area contributed by atoms with Crippen LogP contribution in [-0.2, 0) is 14.8 Å². The molecule has 0 saturated carbocycles. The number of alkyl halides is 3. The number of nitrogens with two attached hydrogens (primary N) is 1. The van der Waals surface area contributed by atoms with E-state index in [1.807, 2.05) is 0 Å². The number of hydrogen-bond donors (Lipinski definition) is 3. The highest BCUT2D eigenvalue weighted by Gasteiger charge is 2.61. The Balaban J connectivity index is 0.000000265. The maximum atomic E-state index is 13.7. The lowest BCUT2D eigenvalue weighted by molar-refractivity contribution is -0.266. The SMILES string of the molecule is CN.COc1c(C2CO[C@@](C)(C(F)(F)F)C2C)ccc(F)c1F.CS(=O)(=O)Nc1cc2[nH]cnc2c(C=O)n1. The average molecular weight is 582 g/mol. The van der Waals surface area contributed by atoms with Gasteiger partial charge in [0.2, 0.25) is 15.8 Å². The molecule has 1 saturated heterocycles. The summed E-state index contributed by atoms with van der Waals surface area (Å²) in [6.07, 6.45) is -1.61. The summed E-state index contributed by atoms with van der Waals surface area (Å²) in [5.41, 5.74) is 3.40. The number of methoxy groups -OCH3 is 1. The molecule has 1 fully saturated rings. The van der Waals surface area contributed by atoms with Gasteiger partial charge in [0.25, 0.3) is 0 Å². The molecule has 16 heteroatoms. The van der Waals surface area contributed by atoms with Gasteiger partial charge in [-0.2, -0.15) is 17.6 Å². The molecule has 39 heavy (non-hydrogen) atoms. The van der Waals surface area contributed by atoms with Gasteiger partial charge in [0.1, 0.15) is 17.0 Å². The van der Waals surface area contributed by atoms with Crippen LogP contribution < -0.4 is 15.2 Å². The van der Waals surface area contributed by atoms with Crippen LogP contribution in [0.25, 0.3) is 11.0 Å². The van der Waals surface area contributed by atoms with Crippen LogP contribution in [0.15, 0.2) is 24.5 Å². The van der Waals surface area contributed by atoms with Crippen molar-refractivity contribution in [1.82, 2.24) is 15.0 Å². The number of nitrogens with one attached hydrogen (secondary N) is 2. The zero-order valence-corrected chi connectivity index (χ0v) is 22.4. The Morgan fingerprint density at radius 2 is 1.92 bits per heavy atom. The minimum atomic E-state index is -4.55. The minimum absolute atomic E-state index is 0.0846. The lowest BCUT2D eigenvalue weighted by Crippen LogP contribution is -2.46. The number of imidazole rings is 1. The zero-order valence-electron chi connectivity index (χ0n) is 21.6. The van der Waals surface area contributed by atoms with Gasteiger partial charge in [-0.15, -0.1) is 0 Å². The number of rotatable bonds is 5. The van der Waals surface area contributed by atoms with Crippen LogP contribution in [0.3, 0.4) is 0 Å². The van der Waals surface area contributed by atoms with Crippen molar-refractivity contribution in [2.24, 2.45) is 11.7 Å². The van der Waals surface area contributed by atoms with Crippen molar-refractivity contribution in [3.8, 4) is 5.75 Å². The third-order valence-corrected chi connectivity index (χ3v) is 6.70. The van der Waals surface area contributed by atoms with Crippen molar-refractivity contribution < 1.29 is 44.6 Å². The topological polar surface area (TPSA) is 149 Å². The quantitative estimate of drug-likeness (QED) is 0.305. The Hall–Kier alpha value is -3.37. The number of fused-ring (bicyclic) bond motifs is 1. The Bertz CT molecular complexity index is 1420. The number of aldehydes is 1. The third kappa shape index (κ3) is 6.80. The van der Waals surface area contributed by atoms with Crippen molar-refractivity contribution in [3.63, 3.8) is 0 Å². The number of aromatic nitrogens is 3. The number of aromatic amines is 1. The monoisotopic (exact) mass is 581 g/mol. The smallest absolute Gasteiger partial charge is 0.417 e. The molecule has 10 nitrogen and oxygen atoms in total. The van der Waals surface area contributed by atoms with Crippen molar-refractivity contribution in [2.75, 3.05) is 31.7 Å². The molecule has 3 aromatic rings. The maximum Gasteiger partial charge on any atom is 0.417 e. The number of sulfonamides is 1. The molecule has 4 N–H and O–H groups in total. The molecule has 4 rings (SSSR count). The first-order valence-corrected chi connectivity index (χ1v) is 13.1. The van der Waals surface area contributed by atoms with E-state index in [-0.39, 0.29) is 29.4 Å². The molecule has 1 aromatic carbocycles. The van der Waals surface area contributed by atoms with E-state index < -0.39 is 45.3 Å². The van der Waals surface area contributed by atoms with Gasteiger partial charge in [-0.1, -0.05) is 13.0 Å². The summed E-state index contributed by atoms with van der Waals surface area (Å²) >= 11 is 0. The average Bonchev–Trinajstić information content (AvgIpc) is 3.45. The molecule has 3 atom stereocenters. The second kappa shape index (κ2) is 12.2. The van der Waals surface area contributed by atoms with Crippen molar-refractivity contribution in [2.45, 2.75) is 31.5 Å². The molecule has 1 aliphatic rings. The summed E-state index contributed by atoms with van der Waals surface area (Å²) in [6, 6.07) is 3.59. The number of carbonyl (C=O) groups is 1. The number of benzene rings is 1. The first kappa shape index (κ1) is 31.8. The molecule has 0 bridgehead atoms. The van der Waals surface area contributed by atoms with Gasteiger partial charge in [0, 0.05) is 23.5 Å². The van der Waals surface area contributed by atoms with Crippen LogP contribution in [0.5, 0.6) is 5.75 Å². The first-order valence-electron chi connectivity index (χ1n) is 11.2. The summed E-state index contributed by atoms with van der Waals surface area (Å²) < 4.78 is 100. The molecule has 216 valence electrons. The summed E-state index contributed by atoms with van der Waals surface area (Å²) in [6.45, 7) is 2.11. The molecule has 0 amide bonds. The normalized spacial score (nSPS) is 20.9. The number of nitrogens with zero attached hydrogens (tertiary/aromatic N) is 2. The highest BCUT2D eigenvalue weighted by atomic mass is 32.2. The molecular formula is C23H28F5N5O5S. The van der Waals surface area contributed by atoms with E-state index >= 15 is 0 Å². The third-order valence-electron chi connectivity index (χ3n) is 6.12. The lowest BCUT2D eigenvalue weighted by Gasteiger charge is -2.32. The van der Waals surface area contributed by atoms with E-state index in [2.05, 4.69) is 25.4 Å². The van der Waals surface area contributed by atoms with Gasteiger partial charge in [0.05, 0.1) is 31.8 Å². The zero-order chi connectivity index (χ0) is 29.8. The molecule has 2 unspecified atom stereocenters. The van der Waals surface area contributed by atoms with Gasteiger partial charge in [0.15, 0.2) is 23.5 Å². The predicted molar refractivity (Wildman–Crippen MR) is 133 cm³/mol. The van der Waals surface area contributed by atoms with Crippen molar-refractivity contribution in [1.29, 1.82) is 0 Å². The molecule has 1 aliphatic heterocycles. The predicted octanol–water partition coefficient (Wildman–Crippen LogP) is 3.76. The second-order valence-corrected chi connectivity index (χ2v) is 10.2. The van der Waals surface area contributed by atoms with Crippen LogP contribution in [0.2, 0.25) is 0 Å². The second-order valence-electron chi connectivity index (χ2n) is 8.48. The summed E-state index contributed by atoms with van der Waals surface area (Å²) in [7, 11) is -0.773. The molecule has 3 heterocycles. The van der Waals surface area contributed by atoms with Crippen LogP contribution >= 0.6 is 0 Å². The molecule has 0 radical (unpaired) electrons. The number of H-pyrrole nitrogens is 1.